The topological polar surface area (TPSA) is 33.1 Å². The first-order chi connectivity index (χ1) is 8.31. The van der Waals surface area contributed by atoms with Crippen LogP contribution < -0.4 is 0 Å². The highest BCUT2D eigenvalue weighted by atomic mass is 19.1. The maximum absolute atomic E-state index is 13.4. The van der Waals surface area contributed by atoms with Gasteiger partial charge < -0.3 is 5.11 Å². The number of halogens is 1. The van der Waals surface area contributed by atoms with E-state index in [4.69, 9.17) is 5.11 Å². The van der Waals surface area contributed by atoms with Gasteiger partial charge in [0.05, 0.1) is 6.61 Å². The Labute approximate surface area is 99.1 Å². The zero-order valence-corrected chi connectivity index (χ0v) is 9.18. The van der Waals surface area contributed by atoms with Gasteiger partial charge in [-0.2, -0.15) is 0 Å². The molecule has 3 heteroatoms. The van der Waals surface area contributed by atoms with Crippen molar-refractivity contribution in [2.75, 3.05) is 6.61 Å². The fourth-order valence-electron chi connectivity index (χ4n) is 1.56. The quantitative estimate of drug-likeness (QED) is 0.877. The molecule has 0 saturated heterocycles. The number of aliphatic hydroxyl groups excluding tert-OH is 1. The summed E-state index contributed by atoms with van der Waals surface area (Å²) in [6, 6.07) is 10.9. The highest BCUT2D eigenvalue weighted by Crippen LogP contribution is 2.22. The van der Waals surface area contributed by atoms with E-state index in [0.717, 1.165) is 17.2 Å². The Morgan fingerprint density at radius 1 is 1.06 bits per heavy atom. The predicted molar refractivity (Wildman–Crippen MR) is 65.8 cm³/mol. The van der Waals surface area contributed by atoms with E-state index >= 15 is 0 Å². The monoisotopic (exact) mass is 229 g/mol. The lowest BCUT2D eigenvalue weighted by atomic mass is 10.0. The molecule has 0 radical (unpaired) electrons. The Kier molecular flexibility index (Phi) is 3.62. The van der Waals surface area contributed by atoms with Crippen LogP contribution in [0.15, 0.2) is 54.9 Å². The second-order valence-corrected chi connectivity index (χ2v) is 3.55. The summed E-state index contributed by atoms with van der Waals surface area (Å²) in [6.45, 7) is -0.294. The Bertz CT molecular complexity index is 506. The molecule has 0 unspecified atom stereocenters. The number of pyridine rings is 1. The van der Waals surface area contributed by atoms with Crippen molar-refractivity contribution < 1.29 is 9.50 Å². The van der Waals surface area contributed by atoms with E-state index in [9.17, 15) is 4.39 Å². The molecule has 0 aliphatic rings. The molecule has 17 heavy (non-hydrogen) atoms. The summed E-state index contributed by atoms with van der Waals surface area (Å²) in [5.74, 6) is -0.409. The fourth-order valence-corrected chi connectivity index (χ4v) is 1.56. The molecule has 0 spiro atoms. The summed E-state index contributed by atoms with van der Waals surface area (Å²) in [6.07, 6.45) is 4.58. The summed E-state index contributed by atoms with van der Waals surface area (Å²) >= 11 is 0. The minimum Gasteiger partial charge on any atom is -0.392 e. The minimum atomic E-state index is -0.409. The zero-order chi connectivity index (χ0) is 12.1. The van der Waals surface area contributed by atoms with Crippen LogP contribution in [0.4, 0.5) is 4.39 Å². The lowest BCUT2D eigenvalue weighted by Gasteiger charge is -2.02. The molecule has 1 aromatic carbocycles. The average molecular weight is 229 g/mol. The van der Waals surface area contributed by atoms with Crippen molar-refractivity contribution in [2.45, 2.75) is 0 Å². The molecule has 0 amide bonds. The summed E-state index contributed by atoms with van der Waals surface area (Å²) in [4.78, 5) is 3.94. The number of rotatable bonds is 3. The van der Waals surface area contributed by atoms with E-state index in [2.05, 4.69) is 4.98 Å². The van der Waals surface area contributed by atoms with Crippen molar-refractivity contribution in [3.8, 4) is 11.1 Å². The second-order valence-electron chi connectivity index (χ2n) is 3.55. The smallest absolute Gasteiger partial charge is 0.128 e. The van der Waals surface area contributed by atoms with Crippen LogP contribution in [-0.4, -0.2) is 16.7 Å². The molecule has 1 N–H and O–H groups in total. The maximum atomic E-state index is 13.4. The van der Waals surface area contributed by atoms with Crippen LogP contribution in [0.3, 0.4) is 0 Å². The van der Waals surface area contributed by atoms with Gasteiger partial charge in [-0.15, -0.1) is 0 Å². The average Bonchev–Trinajstić information content (AvgIpc) is 2.40. The van der Waals surface area contributed by atoms with Gasteiger partial charge in [0.15, 0.2) is 0 Å². The number of aromatic nitrogens is 1. The summed E-state index contributed by atoms with van der Waals surface area (Å²) < 4.78 is 13.4. The molecular formula is C14H12FNO. The predicted octanol–water partition coefficient (Wildman–Crippen LogP) is 3.05. The van der Waals surface area contributed by atoms with Crippen LogP contribution in [0, 0.1) is 0 Å². The van der Waals surface area contributed by atoms with E-state index in [1.165, 1.54) is 0 Å². The van der Waals surface area contributed by atoms with Crippen molar-refractivity contribution in [1.82, 2.24) is 4.98 Å². The number of hydrogen-bond donors (Lipinski definition) is 1. The molecule has 2 nitrogen and oxygen atoms in total. The van der Waals surface area contributed by atoms with Crippen molar-refractivity contribution >= 4 is 5.83 Å². The molecule has 0 fully saturated rings. The summed E-state index contributed by atoms with van der Waals surface area (Å²) in [5, 5.41) is 8.61. The highest BCUT2D eigenvalue weighted by molar-refractivity contribution is 5.67. The number of hydrogen-bond acceptors (Lipinski definition) is 2. The Morgan fingerprint density at radius 3 is 2.24 bits per heavy atom. The van der Waals surface area contributed by atoms with E-state index < -0.39 is 5.83 Å². The zero-order valence-electron chi connectivity index (χ0n) is 9.18. The lowest BCUT2D eigenvalue weighted by Crippen LogP contribution is -1.83. The molecule has 0 saturated carbocycles. The molecule has 1 aromatic heterocycles. The van der Waals surface area contributed by atoms with Crippen LogP contribution in [0.1, 0.15) is 5.56 Å². The van der Waals surface area contributed by atoms with Crippen molar-refractivity contribution in [3.63, 3.8) is 0 Å². The highest BCUT2D eigenvalue weighted by Gasteiger charge is 2.01. The Hall–Kier alpha value is -2.00. The van der Waals surface area contributed by atoms with Gasteiger partial charge in [0.2, 0.25) is 0 Å². The first kappa shape index (κ1) is 11.5. The third kappa shape index (κ3) is 2.77. The van der Waals surface area contributed by atoms with Crippen LogP contribution in [0.5, 0.6) is 0 Å². The van der Waals surface area contributed by atoms with Gasteiger partial charge in [-0.05, 0) is 29.3 Å². The van der Waals surface area contributed by atoms with E-state index in [1.54, 1.807) is 24.5 Å². The molecule has 2 aromatic rings. The van der Waals surface area contributed by atoms with Gasteiger partial charge >= 0.3 is 0 Å². The SMILES string of the molecule is OCC=C(F)c1ccc(-c2ccncc2)cc1. The molecule has 0 atom stereocenters. The van der Waals surface area contributed by atoms with Gasteiger partial charge in [0, 0.05) is 18.0 Å². The molecule has 1 heterocycles. The first-order valence-electron chi connectivity index (χ1n) is 5.28. The van der Waals surface area contributed by atoms with Crippen molar-refractivity contribution in [3.05, 3.63) is 60.4 Å². The Morgan fingerprint density at radius 2 is 1.65 bits per heavy atom. The van der Waals surface area contributed by atoms with Gasteiger partial charge in [-0.1, -0.05) is 24.3 Å². The number of benzene rings is 1. The van der Waals surface area contributed by atoms with E-state index in [-0.39, 0.29) is 6.61 Å². The van der Waals surface area contributed by atoms with Crippen LogP contribution >= 0.6 is 0 Å². The number of nitrogens with zero attached hydrogens (tertiary/aromatic N) is 1. The minimum absolute atomic E-state index is 0.294. The van der Waals surface area contributed by atoms with Gasteiger partial charge in [-0.3, -0.25) is 4.98 Å². The molecular weight excluding hydrogens is 217 g/mol. The van der Waals surface area contributed by atoms with Crippen LogP contribution in [0.2, 0.25) is 0 Å². The second kappa shape index (κ2) is 5.37. The molecule has 0 bridgehead atoms. The lowest BCUT2D eigenvalue weighted by molar-refractivity contribution is 0.342. The van der Waals surface area contributed by atoms with Gasteiger partial charge in [0.25, 0.3) is 0 Å². The normalized spacial score (nSPS) is 11.5. The Balaban J connectivity index is 2.28. The number of aliphatic hydroxyl groups is 1. The van der Waals surface area contributed by atoms with Crippen molar-refractivity contribution in [1.29, 1.82) is 0 Å². The summed E-state index contributed by atoms with van der Waals surface area (Å²) in [7, 11) is 0. The fraction of sp³-hybridized carbons (Fsp3) is 0.0714. The van der Waals surface area contributed by atoms with Gasteiger partial charge in [-0.25, -0.2) is 4.39 Å². The first-order valence-corrected chi connectivity index (χ1v) is 5.28. The molecule has 2 rings (SSSR count). The summed E-state index contributed by atoms with van der Waals surface area (Å²) in [5.41, 5.74) is 2.52. The molecule has 0 aliphatic carbocycles. The van der Waals surface area contributed by atoms with Crippen molar-refractivity contribution in [2.24, 2.45) is 0 Å². The standard InChI is InChI=1S/C14H12FNO/c15-14(7-10-17)13-3-1-11(2-4-13)12-5-8-16-9-6-12/h1-9,17H,10H2. The molecule has 86 valence electrons. The van der Waals surface area contributed by atoms with Crippen LogP contribution in [0.25, 0.3) is 17.0 Å². The van der Waals surface area contributed by atoms with E-state index in [0.29, 0.717) is 5.56 Å². The third-order valence-electron chi connectivity index (χ3n) is 2.44. The van der Waals surface area contributed by atoms with E-state index in [1.807, 2.05) is 24.3 Å². The van der Waals surface area contributed by atoms with Crippen LogP contribution in [-0.2, 0) is 0 Å². The maximum Gasteiger partial charge on any atom is 0.128 e. The third-order valence-corrected chi connectivity index (χ3v) is 2.44. The molecule has 0 aliphatic heterocycles. The van der Waals surface area contributed by atoms with Gasteiger partial charge in [0.1, 0.15) is 5.83 Å². The largest absolute Gasteiger partial charge is 0.392 e.